The van der Waals surface area contributed by atoms with Gasteiger partial charge in [0.05, 0.1) is 6.61 Å². The Morgan fingerprint density at radius 2 is 1.36 bits per heavy atom. The molecule has 5 atom stereocenters. The standard InChI is InChI=1S/C20H38O8/c1-2-3-4-5-6-7-8-9-10-11-12-13-16(22)27-28-20-19(25)18(24)17(23)15(14-21)26-20/h15,17-21,23-25H,2-14H2,1H3/t15-,17+,18+,19-,20-/m1/s1. The zero-order valence-electron chi connectivity index (χ0n) is 17.0. The molecule has 0 spiro atoms. The van der Waals surface area contributed by atoms with Crippen molar-refractivity contribution in [3.8, 4) is 0 Å². The van der Waals surface area contributed by atoms with Gasteiger partial charge < -0.3 is 25.2 Å². The van der Waals surface area contributed by atoms with E-state index in [1.165, 1.54) is 51.4 Å². The van der Waals surface area contributed by atoms with Gasteiger partial charge in [0.1, 0.15) is 24.4 Å². The topological polar surface area (TPSA) is 126 Å². The van der Waals surface area contributed by atoms with Crippen molar-refractivity contribution in [2.45, 2.75) is 115 Å². The molecule has 0 aromatic rings. The molecule has 0 aromatic carbocycles. The van der Waals surface area contributed by atoms with Gasteiger partial charge in [-0.3, -0.25) is 4.89 Å². The Balaban J connectivity index is 2.03. The van der Waals surface area contributed by atoms with Crippen LogP contribution in [-0.4, -0.2) is 63.7 Å². The summed E-state index contributed by atoms with van der Waals surface area (Å²) in [6, 6.07) is 0. The lowest BCUT2D eigenvalue weighted by Crippen LogP contribution is -2.59. The minimum absolute atomic E-state index is 0.189. The van der Waals surface area contributed by atoms with Gasteiger partial charge in [-0.05, 0) is 6.42 Å². The minimum Gasteiger partial charge on any atom is -0.394 e. The van der Waals surface area contributed by atoms with Crippen molar-refractivity contribution in [2.75, 3.05) is 6.61 Å². The molecule has 8 heteroatoms. The van der Waals surface area contributed by atoms with E-state index in [0.29, 0.717) is 6.42 Å². The van der Waals surface area contributed by atoms with Gasteiger partial charge in [-0.2, -0.15) is 0 Å². The van der Waals surface area contributed by atoms with Gasteiger partial charge in [-0.1, -0.05) is 71.1 Å². The normalized spacial score (nSPS) is 27.7. The van der Waals surface area contributed by atoms with Crippen LogP contribution in [0.15, 0.2) is 0 Å². The van der Waals surface area contributed by atoms with Crippen LogP contribution in [0, 0.1) is 0 Å². The summed E-state index contributed by atoms with van der Waals surface area (Å²) in [5, 5.41) is 38.2. The smallest absolute Gasteiger partial charge is 0.342 e. The largest absolute Gasteiger partial charge is 0.394 e. The molecular weight excluding hydrogens is 368 g/mol. The number of aliphatic hydroxyl groups excluding tert-OH is 4. The van der Waals surface area contributed by atoms with Crippen molar-refractivity contribution >= 4 is 5.97 Å². The van der Waals surface area contributed by atoms with E-state index in [9.17, 15) is 20.1 Å². The van der Waals surface area contributed by atoms with Gasteiger partial charge >= 0.3 is 5.97 Å². The summed E-state index contributed by atoms with van der Waals surface area (Å²) < 4.78 is 5.08. The van der Waals surface area contributed by atoms with Crippen molar-refractivity contribution in [1.82, 2.24) is 0 Å². The van der Waals surface area contributed by atoms with Gasteiger partial charge in [-0.15, -0.1) is 4.89 Å². The van der Waals surface area contributed by atoms with Gasteiger partial charge in [0.2, 0.25) is 6.29 Å². The summed E-state index contributed by atoms with van der Waals surface area (Å²) in [7, 11) is 0. The summed E-state index contributed by atoms with van der Waals surface area (Å²) in [6.45, 7) is 1.65. The molecule has 166 valence electrons. The first-order valence-corrected chi connectivity index (χ1v) is 10.7. The van der Waals surface area contributed by atoms with E-state index in [1.54, 1.807) is 0 Å². The van der Waals surface area contributed by atoms with Crippen molar-refractivity contribution < 1.29 is 39.7 Å². The van der Waals surface area contributed by atoms with Crippen LogP contribution in [0.5, 0.6) is 0 Å². The maximum Gasteiger partial charge on any atom is 0.342 e. The highest BCUT2D eigenvalue weighted by Gasteiger charge is 2.45. The third kappa shape index (κ3) is 9.62. The first-order chi connectivity index (χ1) is 13.5. The van der Waals surface area contributed by atoms with E-state index < -0.39 is 43.3 Å². The fraction of sp³-hybridized carbons (Fsp3) is 0.950. The number of ether oxygens (including phenoxy) is 1. The third-order valence-corrected chi connectivity index (χ3v) is 5.07. The van der Waals surface area contributed by atoms with Crippen LogP contribution in [-0.2, 0) is 19.3 Å². The van der Waals surface area contributed by atoms with Crippen LogP contribution in [0.2, 0.25) is 0 Å². The molecule has 0 bridgehead atoms. The Hall–Kier alpha value is -0.770. The fourth-order valence-corrected chi connectivity index (χ4v) is 3.22. The van der Waals surface area contributed by atoms with E-state index in [1.807, 2.05) is 0 Å². The Labute approximate surface area is 167 Å². The van der Waals surface area contributed by atoms with Crippen molar-refractivity contribution in [3.05, 3.63) is 0 Å². The molecule has 0 aromatic heterocycles. The number of rotatable bonds is 15. The highest BCUT2D eigenvalue weighted by atomic mass is 17.2. The van der Waals surface area contributed by atoms with Gasteiger partial charge in [-0.25, -0.2) is 4.79 Å². The van der Waals surface area contributed by atoms with E-state index in [4.69, 9.17) is 14.7 Å². The molecule has 1 heterocycles. The van der Waals surface area contributed by atoms with Crippen LogP contribution < -0.4 is 0 Å². The molecule has 0 saturated carbocycles. The minimum atomic E-state index is -1.59. The lowest BCUT2D eigenvalue weighted by molar-refractivity contribution is -0.405. The number of aliphatic hydroxyl groups is 4. The average Bonchev–Trinajstić information content (AvgIpc) is 2.69. The van der Waals surface area contributed by atoms with Crippen LogP contribution in [0.1, 0.15) is 84.0 Å². The van der Waals surface area contributed by atoms with E-state index in [-0.39, 0.29) is 6.42 Å². The van der Waals surface area contributed by atoms with Crippen molar-refractivity contribution in [1.29, 1.82) is 0 Å². The van der Waals surface area contributed by atoms with E-state index in [0.717, 1.165) is 12.8 Å². The molecule has 0 unspecified atom stereocenters. The SMILES string of the molecule is CCCCCCCCCCCCCC(=O)OO[C@H]1O[C@H](CO)[C@H](O)[C@H](O)[C@H]1O. The molecule has 8 nitrogen and oxygen atoms in total. The molecule has 1 aliphatic heterocycles. The Morgan fingerprint density at radius 3 is 1.89 bits per heavy atom. The Bertz CT molecular complexity index is 404. The first-order valence-electron chi connectivity index (χ1n) is 10.7. The quantitative estimate of drug-likeness (QED) is 0.185. The van der Waals surface area contributed by atoms with Gasteiger partial charge in [0, 0.05) is 6.42 Å². The van der Waals surface area contributed by atoms with E-state index >= 15 is 0 Å². The summed E-state index contributed by atoms with van der Waals surface area (Å²) >= 11 is 0. The predicted molar refractivity (Wildman–Crippen MR) is 102 cm³/mol. The molecule has 0 amide bonds. The van der Waals surface area contributed by atoms with Gasteiger partial charge in [0.25, 0.3) is 0 Å². The average molecular weight is 407 g/mol. The Morgan fingerprint density at radius 1 is 0.821 bits per heavy atom. The van der Waals surface area contributed by atoms with Crippen molar-refractivity contribution in [3.63, 3.8) is 0 Å². The maximum absolute atomic E-state index is 11.7. The molecular formula is C20H38O8. The fourth-order valence-electron chi connectivity index (χ4n) is 3.22. The molecule has 1 aliphatic rings. The number of hydrogen-bond acceptors (Lipinski definition) is 8. The number of carbonyl (C=O) groups excluding carboxylic acids is 1. The summed E-state index contributed by atoms with van der Waals surface area (Å²) in [4.78, 5) is 21.1. The lowest BCUT2D eigenvalue weighted by atomic mass is 9.99. The zero-order chi connectivity index (χ0) is 20.8. The Kier molecular flexibility index (Phi) is 13.6. The highest BCUT2D eigenvalue weighted by molar-refractivity contribution is 5.68. The van der Waals surface area contributed by atoms with Crippen LogP contribution >= 0.6 is 0 Å². The third-order valence-electron chi connectivity index (χ3n) is 5.07. The number of hydrogen-bond donors (Lipinski definition) is 4. The molecule has 4 N–H and O–H groups in total. The lowest BCUT2D eigenvalue weighted by Gasteiger charge is -2.38. The second kappa shape index (κ2) is 15.1. The number of unbranched alkanes of at least 4 members (excludes halogenated alkanes) is 10. The zero-order valence-corrected chi connectivity index (χ0v) is 17.0. The van der Waals surface area contributed by atoms with Crippen LogP contribution in [0.4, 0.5) is 0 Å². The van der Waals surface area contributed by atoms with Crippen molar-refractivity contribution in [2.24, 2.45) is 0 Å². The van der Waals surface area contributed by atoms with Crippen LogP contribution in [0.3, 0.4) is 0 Å². The van der Waals surface area contributed by atoms with E-state index in [2.05, 4.69) is 11.8 Å². The second-order valence-corrected chi connectivity index (χ2v) is 7.53. The molecule has 1 saturated heterocycles. The summed E-state index contributed by atoms with van der Waals surface area (Å²) in [5.41, 5.74) is 0. The molecule has 0 radical (unpaired) electrons. The number of carbonyl (C=O) groups is 1. The molecule has 1 fully saturated rings. The van der Waals surface area contributed by atoms with Gasteiger partial charge in [0.15, 0.2) is 0 Å². The molecule has 28 heavy (non-hydrogen) atoms. The monoisotopic (exact) mass is 406 g/mol. The summed E-state index contributed by atoms with van der Waals surface area (Å²) in [5.74, 6) is -0.590. The molecule has 1 rings (SSSR count). The summed E-state index contributed by atoms with van der Waals surface area (Å²) in [6.07, 6.45) is 5.94. The molecule has 0 aliphatic carbocycles. The first kappa shape index (κ1) is 25.3. The highest BCUT2D eigenvalue weighted by Crippen LogP contribution is 2.22. The second-order valence-electron chi connectivity index (χ2n) is 7.53. The van der Waals surface area contributed by atoms with Crippen LogP contribution in [0.25, 0.3) is 0 Å². The predicted octanol–water partition coefficient (Wildman–Crippen LogP) is 1.96. The maximum atomic E-state index is 11.7.